The first kappa shape index (κ1) is 15.4. The first-order valence-corrected chi connectivity index (χ1v) is 5.54. The third-order valence-electron chi connectivity index (χ3n) is 1.80. The number of nitrogens with zero attached hydrogens (tertiary/aromatic N) is 1. The van der Waals surface area contributed by atoms with E-state index in [0.29, 0.717) is 13.7 Å². The van der Waals surface area contributed by atoms with Crippen molar-refractivity contribution >= 4 is 20.3 Å². The molecule has 0 saturated carbocycles. The zero-order valence-corrected chi connectivity index (χ0v) is 9.78. The summed E-state index contributed by atoms with van der Waals surface area (Å²) in [5, 5.41) is 18.2. The molecule has 0 aliphatic carbocycles. The predicted molar refractivity (Wildman–Crippen MR) is 67.4 cm³/mol. The first-order chi connectivity index (χ1) is 7.77. The van der Waals surface area contributed by atoms with Gasteiger partial charge in [-0.15, -0.1) is 0 Å². The Labute approximate surface area is 97.7 Å². The van der Waals surface area contributed by atoms with Crippen molar-refractivity contribution in [2.75, 3.05) is 39.3 Å². The van der Waals surface area contributed by atoms with Gasteiger partial charge in [0.2, 0.25) is 0 Å². The average Bonchev–Trinajstić information content (AvgIpc) is 2.25. The van der Waals surface area contributed by atoms with E-state index >= 15 is 0 Å². The van der Waals surface area contributed by atoms with Gasteiger partial charge in [0.15, 0.2) is 0 Å². The summed E-state index contributed by atoms with van der Waals surface area (Å²) in [6.07, 6.45) is 1.27. The van der Waals surface area contributed by atoms with Gasteiger partial charge >= 0.3 is 85.1 Å². The van der Waals surface area contributed by atoms with Gasteiger partial charge in [-0.3, -0.25) is 0 Å². The van der Waals surface area contributed by atoms with Crippen molar-refractivity contribution in [1.29, 1.82) is 0 Å². The Bertz CT molecular complexity index is 193. The van der Waals surface area contributed by atoms with Crippen molar-refractivity contribution in [2.45, 2.75) is 6.82 Å². The maximum atomic E-state index is 9.88. The molecular formula is C8H20B2N4O2. The summed E-state index contributed by atoms with van der Waals surface area (Å²) in [6, 6.07) is 0. The van der Waals surface area contributed by atoms with E-state index in [9.17, 15) is 4.70 Å². The van der Waals surface area contributed by atoms with Gasteiger partial charge in [0.1, 0.15) is 0 Å². The predicted octanol–water partition coefficient (Wildman–Crippen LogP) is -2.06. The van der Waals surface area contributed by atoms with E-state index in [1.54, 1.807) is 6.82 Å². The van der Waals surface area contributed by atoms with Crippen LogP contribution in [0.4, 0.5) is 0 Å². The van der Waals surface area contributed by atoms with Gasteiger partial charge in [0.05, 0.1) is 0 Å². The van der Waals surface area contributed by atoms with Crippen molar-refractivity contribution in [3.63, 3.8) is 0 Å². The van der Waals surface area contributed by atoms with Gasteiger partial charge in [-0.05, 0) is 6.82 Å². The number of aliphatic imine (C=N–C) groups is 1. The standard InChI is InChI=1S/C8H20B2N4O2/c1-10(16)14-7-6-12-3-2-11-4-5-13-8-9-15/h8,11-12,14,16H,2-7H2,1H3. The van der Waals surface area contributed by atoms with Crippen LogP contribution in [0.3, 0.4) is 0 Å². The number of hydrogen-bond acceptors (Lipinski definition) is 6. The Hall–Kier alpha value is -0.560. The minimum atomic E-state index is -0.449. The third-order valence-corrected chi connectivity index (χ3v) is 1.80. The molecule has 6 nitrogen and oxygen atoms in total. The second-order valence-corrected chi connectivity index (χ2v) is 3.32. The van der Waals surface area contributed by atoms with Crippen molar-refractivity contribution in [3.8, 4) is 0 Å². The normalized spacial score (nSPS) is 10.6. The molecule has 0 bridgehead atoms. The Morgan fingerprint density at radius 3 is 2.50 bits per heavy atom. The van der Waals surface area contributed by atoms with Gasteiger partial charge in [-0.2, -0.15) is 0 Å². The van der Waals surface area contributed by atoms with E-state index in [1.165, 1.54) is 6.11 Å². The van der Waals surface area contributed by atoms with Crippen LogP contribution in [0, 0.1) is 0 Å². The van der Waals surface area contributed by atoms with Gasteiger partial charge in [-0.25, -0.2) is 0 Å². The quantitative estimate of drug-likeness (QED) is 0.185. The fourth-order valence-electron chi connectivity index (χ4n) is 1.06. The molecule has 0 rings (SSSR count). The summed E-state index contributed by atoms with van der Waals surface area (Å²) < 4.78 is 9.88. The third kappa shape index (κ3) is 13.4. The van der Waals surface area contributed by atoms with E-state index in [4.69, 9.17) is 5.02 Å². The fraction of sp³-hybridized carbons (Fsp3) is 0.875. The molecule has 0 aliphatic rings. The zero-order chi connectivity index (χ0) is 12.1. The Balaban J connectivity index is 2.98. The molecule has 0 heterocycles. The van der Waals surface area contributed by atoms with E-state index in [0.717, 1.165) is 32.7 Å². The van der Waals surface area contributed by atoms with Crippen LogP contribution in [0.2, 0.25) is 6.82 Å². The molecule has 0 radical (unpaired) electrons. The van der Waals surface area contributed by atoms with Crippen molar-refractivity contribution in [1.82, 2.24) is 15.9 Å². The monoisotopic (exact) mass is 226 g/mol. The van der Waals surface area contributed by atoms with Gasteiger partial charge in [-0.1, -0.05) is 0 Å². The number of hydrogen-bond donors (Lipinski definition) is 4. The summed E-state index contributed by atoms with van der Waals surface area (Å²) in [5.74, 6) is 0. The van der Waals surface area contributed by atoms with Crippen LogP contribution >= 0.6 is 0 Å². The molecule has 0 spiro atoms. The second kappa shape index (κ2) is 12.5. The van der Waals surface area contributed by atoms with Crippen LogP contribution in [0.15, 0.2) is 4.99 Å². The van der Waals surface area contributed by atoms with Crippen LogP contribution in [0.1, 0.15) is 0 Å². The second-order valence-electron chi connectivity index (χ2n) is 3.32. The first-order valence-electron chi connectivity index (χ1n) is 5.54. The van der Waals surface area contributed by atoms with E-state index in [-0.39, 0.29) is 0 Å². The molecule has 0 aromatic heterocycles. The van der Waals surface area contributed by atoms with Crippen LogP contribution in [0.25, 0.3) is 0 Å². The molecular weight excluding hydrogens is 206 g/mol. The van der Waals surface area contributed by atoms with Gasteiger partial charge in [0, 0.05) is 0 Å². The Morgan fingerprint density at radius 2 is 1.88 bits per heavy atom. The molecule has 0 aromatic carbocycles. The van der Waals surface area contributed by atoms with Crippen molar-refractivity contribution in [3.05, 3.63) is 0 Å². The van der Waals surface area contributed by atoms with E-state index in [1.807, 2.05) is 0 Å². The van der Waals surface area contributed by atoms with Crippen molar-refractivity contribution < 1.29 is 9.73 Å². The molecule has 16 heavy (non-hydrogen) atoms. The molecule has 0 amide bonds. The molecule has 90 valence electrons. The maximum absolute atomic E-state index is 9.88. The van der Waals surface area contributed by atoms with Gasteiger partial charge in [0.25, 0.3) is 0 Å². The summed E-state index contributed by atoms with van der Waals surface area (Å²) in [7, 11) is 0.229. The molecule has 4 N–H and O–H groups in total. The molecule has 0 saturated heterocycles. The van der Waals surface area contributed by atoms with Crippen molar-refractivity contribution in [2.24, 2.45) is 4.99 Å². The number of rotatable bonds is 11. The number of nitrogens with one attached hydrogen (secondary N) is 3. The minimum absolute atomic E-state index is 0.449. The molecule has 8 heteroatoms. The fourth-order valence-corrected chi connectivity index (χ4v) is 1.06. The average molecular weight is 226 g/mol. The SMILES string of the molecule is CB(O)NCCNCCNCCN=CB=O. The van der Waals surface area contributed by atoms with Crippen LogP contribution in [-0.4, -0.2) is 64.6 Å². The topological polar surface area (TPSA) is 85.8 Å². The Kier molecular flexibility index (Phi) is 12.1. The summed E-state index contributed by atoms with van der Waals surface area (Å²) in [5.41, 5.74) is 0. The van der Waals surface area contributed by atoms with Gasteiger partial charge < -0.3 is 5.02 Å². The summed E-state index contributed by atoms with van der Waals surface area (Å²) in [4.78, 5) is 3.84. The molecule has 0 unspecified atom stereocenters. The Morgan fingerprint density at radius 1 is 1.25 bits per heavy atom. The van der Waals surface area contributed by atoms with E-state index in [2.05, 4.69) is 20.9 Å². The molecule has 0 aromatic rings. The summed E-state index contributed by atoms with van der Waals surface area (Å²) >= 11 is 0. The van der Waals surface area contributed by atoms with Crippen LogP contribution < -0.4 is 15.9 Å². The molecule has 0 fully saturated rings. The van der Waals surface area contributed by atoms with E-state index < -0.39 is 7.05 Å². The zero-order valence-electron chi connectivity index (χ0n) is 9.78. The molecule has 0 aliphatic heterocycles. The van der Waals surface area contributed by atoms with Crippen LogP contribution in [0.5, 0.6) is 0 Å². The summed E-state index contributed by atoms with van der Waals surface area (Å²) in [6.45, 7) is 6.42. The van der Waals surface area contributed by atoms with Crippen LogP contribution in [-0.2, 0) is 4.70 Å². The molecule has 0 atom stereocenters.